The summed E-state index contributed by atoms with van der Waals surface area (Å²) in [6.07, 6.45) is 0.558. The number of halogens is 1. The van der Waals surface area contributed by atoms with Crippen molar-refractivity contribution in [3.8, 4) is 0 Å². The van der Waals surface area contributed by atoms with E-state index in [1.54, 1.807) is 0 Å². The van der Waals surface area contributed by atoms with Crippen LogP contribution in [-0.2, 0) is 17.1 Å². The number of likely N-dealkylation sites (N-methyl/N-ethyl adjacent to an activating group) is 1. The highest BCUT2D eigenvalue weighted by Gasteiger charge is 2.38. The van der Waals surface area contributed by atoms with E-state index < -0.39 is 22.2 Å². The molecule has 1 aromatic heterocycles. The molecule has 1 saturated heterocycles. The largest absolute Gasteiger partial charge is 0.390 e. The molecular formula is C9H15ClN4O3S. The normalized spacial score (nSPS) is 24.9. The topological polar surface area (TPSA) is 87.5 Å². The predicted octanol–water partition coefficient (Wildman–Crippen LogP) is -0.973. The fraction of sp³-hybridized carbons (Fsp3) is 0.667. The summed E-state index contributed by atoms with van der Waals surface area (Å²) in [6.45, 7) is 0.788. The van der Waals surface area contributed by atoms with Gasteiger partial charge in [0, 0.05) is 27.2 Å². The quantitative estimate of drug-likeness (QED) is 0.749. The van der Waals surface area contributed by atoms with Gasteiger partial charge in [-0.05, 0) is 0 Å². The smallest absolute Gasteiger partial charge is 0.261 e. The molecule has 0 spiro atoms. The molecule has 102 valence electrons. The van der Waals surface area contributed by atoms with Gasteiger partial charge in [0.25, 0.3) is 10.0 Å². The Hall–Kier alpha value is -0.670. The summed E-state index contributed by atoms with van der Waals surface area (Å²) in [5.74, 6) is 0. The van der Waals surface area contributed by atoms with Gasteiger partial charge in [0.15, 0.2) is 5.03 Å². The van der Waals surface area contributed by atoms with Crippen LogP contribution in [0.5, 0.6) is 0 Å². The molecule has 0 bridgehead atoms. The van der Waals surface area contributed by atoms with Crippen molar-refractivity contribution in [2.24, 2.45) is 7.05 Å². The summed E-state index contributed by atoms with van der Waals surface area (Å²) < 4.78 is 27.2. The highest BCUT2D eigenvalue weighted by molar-refractivity contribution is 7.89. The molecule has 1 aromatic rings. The number of aliphatic hydroxyl groups excluding tert-OH is 1. The van der Waals surface area contributed by atoms with E-state index in [4.69, 9.17) is 11.6 Å². The van der Waals surface area contributed by atoms with Crippen molar-refractivity contribution in [2.75, 3.05) is 20.1 Å². The number of rotatable bonds is 3. The van der Waals surface area contributed by atoms with Crippen molar-refractivity contribution in [1.29, 1.82) is 0 Å². The van der Waals surface area contributed by atoms with Crippen LogP contribution in [0, 0.1) is 0 Å². The van der Waals surface area contributed by atoms with Crippen LogP contribution in [0.25, 0.3) is 0 Å². The van der Waals surface area contributed by atoms with Gasteiger partial charge in [-0.2, -0.15) is 9.40 Å². The van der Waals surface area contributed by atoms with Gasteiger partial charge in [-0.3, -0.25) is 4.68 Å². The average Bonchev–Trinajstić information content (AvgIpc) is 2.84. The molecule has 9 heteroatoms. The molecule has 2 heterocycles. The number of sulfonamides is 1. The minimum atomic E-state index is -3.77. The van der Waals surface area contributed by atoms with E-state index in [0.29, 0.717) is 13.1 Å². The summed E-state index contributed by atoms with van der Waals surface area (Å²) in [6, 6.07) is -0.499. The molecule has 1 aliphatic rings. The van der Waals surface area contributed by atoms with E-state index in [9.17, 15) is 13.5 Å². The summed E-state index contributed by atoms with van der Waals surface area (Å²) in [5, 5.41) is 16.5. The van der Waals surface area contributed by atoms with Crippen LogP contribution in [0.3, 0.4) is 0 Å². The van der Waals surface area contributed by atoms with E-state index in [0.717, 1.165) is 4.31 Å². The Labute approximate surface area is 110 Å². The number of hydrogen-bond acceptors (Lipinski definition) is 5. The molecule has 2 atom stereocenters. The van der Waals surface area contributed by atoms with Crippen molar-refractivity contribution in [2.45, 2.75) is 17.2 Å². The maximum absolute atomic E-state index is 12.4. The third-order valence-electron chi connectivity index (χ3n) is 3.08. The van der Waals surface area contributed by atoms with Crippen molar-refractivity contribution in [1.82, 2.24) is 19.4 Å². The second kappa shape index (κ2) is 4.78. The van der Waals surface area contributed by atoms with Gasteiger partial charge in [-0.15, -0.1) is 0 Å². The molecule has 0 aliphatic carbocycles. The Balaban J connectivity index is 2.37. The molecule has 0 radical (unpaired) electrons. The van der Waals surface area contributed by atoms with E-state index in [1.165, 1.54) is 25.0 Å². The molecule has 0 unspecified atom stereocenters. The lowest BCUT2D eigenvalue weighted by atomic mass is 10.2. The maximum atomic E-state index is 12.4. The van der Waals surface area contributed by atoms with Gasteiger partial charge in [0.1, 0.15) is 0 Å². The Morgan fingerprint density at radius 2 is 2.28 bits per heavy atom. The monoisotopic (exact) mass is 294 g/mol. The van der Waals surface area contributed by atoms with Crippen molar-refractivity contribution in [3.63, 3.8) is 0 Å². The first kappa shape index (κ1) is 13.8. The van der Waals surface area contributed by atoms with E-state index in [2.05, 4.69) is 10.4 Å². The van der Waals surface area contributed by atoms with Gasteiger partial charge in [0.2, 0.25) is 0 Å². The molecule has 1 fully saturated rings. The van der Waals surface area contributed by atoms with Crippen molar-refractivity contribution in [3.05, 3.63) is 11.2 Å². The van der Waals surface area contributed by atoms with Crippen LogP contribution in [0.15, 0.2) is 11.2 Å². The standard InChI is InChI=1S/C9H15ClN4O3S/c1-13-9(6(10)3-12-13)18(16,17)14(2)7-4-11-5-8(7)15/h3,7-8,11,15H,4-5H2,1-2H3/t7-,8-/m0/s1. The zero-order chi connectivity index (χ0) is 13.5. The number of hydrogen-bond donors (Lipinski definition) is 2. The van der Waals surface area contributed by atoms with Gasteiger partial charge in [-0.25, -0.2) is 8.42 Å². The van der Waals surface area contributed by atoms with Gasteiger partial charge < -0.3 is 10.4 Å². The van der Waals surface area contributed by atoms with Crippen LogP contribution in [0.4, 0.5) is 0 Å². The number of aliphatic hydroxyl groups is 1. The lowest BCUT2D eigenvalue weighted by Gasteiger charge is -2.25. The zero-order valence-electron chi connectivity index (χ0n) is 10.0. The summed E-state index contributed by atoms with van der Waals surface area (Å²) >= 11 is 5.85. The lowest BCUT2D eigenvalue weighted by Crippen LogP contribution is -2.44. The number of nitrogens with zero attached hydrogens (tertiary/aromatic N) is 3. The molecular weight excluding hydrogens is 280 g/mol. The molecule has 1 aliphatic heterocycles. The molecule has 18 heavy (non-hydrogen) atoms. The third-order valence-corrected chi connectivity index (χ3v) is 5.47. The van der Waals surface area contributed by atoms with Gasteiger partial charge in [-0.1, -0.05) is 11.6 Å². The van der Waals surface area contributed by atoms with Crippen LogP contribution in [0.2, 0.25) is 5.02 Å². The van der Waals surface area contributed by atoms with Crippen LogP contribution < -0.4 is 5.32 Å². The van der Waals surface area contributed by atoms with Gasteiger partial charge in [0.05, 0.1) is 23.4 Å². The Kier molecular flexibility index (Phi) is 3.65. The molecule has 0 amide bonds. The minimum Gasteiger partial charge on any atom is -0.390 e. The fourth-order valence-corrected chi connectivity index (χ4v) is 4.01. The highest BCUT2D eigenvalue weighted by atomic mass is 35.5. The second-order valence-corrected chi connectivity index (χ2v) is 6.56. The van der Waals surface area contributed by atoms with E-state index >= 15 is 0 Å². The second-order valence-electron chi connectivity index (χ2n) is 4.24. The van der Waals surface area contributed by atoms with Gasteiger partial charge >= 0.3 is 0 Å². The summed E-state index contributed by atoms with van der Waals surface area (Å²) in [5.41, 5.74) is 0. The SMILES string of the molecule is CN([C@H]1CNC[C@@H]1O)S(=O)(=O)c1c(Cl)cnn1C. The molecule has 2 N–H and O–H groups in total. The number of β-amino-alcohol motifs (C(OH)–C–C–N with tert-alkyl or cyclic N) is 1. The molecule has 2 rings (SSSR count). The van der Waals surface area contributed by atoms with E-state index in [-0.39, 0.29) is 10.0 Å². The predicted molar refractivity (Wildman–Crippen MR) is 65.8 cm³/mol. The number of aromatic nitrogens is 2. The molecule has 0 saturated carbocycles. The summed E-state index contributed by atoms with van der Waals surface area (Å²) in [7, 11) is -0.832. The number of nitrogens with one attached hydrogen (secondary N) is 1. The van der Waals surface area contributed by atoms with Crippen LogP contribution in [-0.4, -0.2) is 59.9 Å². The molecule has 0 aromatic carbocycles. The Bertz CT molecular complexity index is 525. The molecule has 7 nitrogen and oxygen atoms in total. The van der Waals surface area contributed by atoms with Crippen molar-refractivity contribution < 1.29 is 13.5 Å². The van der Waals surface area contributed by atoms with Crippen LogP contribution in [0.1, 0.15) is 0 Å². The zero-order valence-corrected chi connectivity index (χ0v) is 11.6. The summed E-state index contributed by atoms with van der Waals surface area (Å²) in [4.78, 5) is 0. The minimum absolute atomic E-state index is 0.0641. The lowest BCUT2D eigenvalue weighted by molar-refractivity contribution is 0.136. The average molecular weight is 295 g/mol. The number of aryl methyl sites for hydroxylation is 1. The Morgan fingerprint density at radius 3 is 2.72 bits per heavy atom. The first-order chi connectivity index (χ1) is 8.35. The Morgan fingerprint density at radius 1 is 1.61 bits per heavy atom. The highest BCUT2D eigenvalue weighted by Crippen LogP contribution is 2.25. The maximum Gasteiger partial charge on any atom is 0.261 e. The van der Waals surface area contributed by atoms with Crippen LogP contribution >= 0.6 is 11.6 Å². The third kappa shape index (κ3) is 2.14. The first-order valence-electron chi connectivity index (χ1n) is 5.40. The first-order valence-corrected chi connectivity index (χ1v) is 7.22. The fourth-order valence-electron chi connectivity index (χ4n) is 2.03. The van der Waals surface area contributed by atoms with E-state index in [1.807, 2.05) is 0 Å². The van der Waals surface area contributed by atoms with Crippen molar-refractivity contribution >= 4 is 21.6 Å².